The molecule has 1 saturated carbocycles. The highest BCUT2D eigenvalue weighted by molar-refractivity contribution is 5.79. The predicted molar refractivity (Wildman–Crippen MR) is 114 cm³/mol. The van der Waals surface area contributed by atoms with Crippen molar-refractivity contribution < 1.29 is 4.74 Å². The van der Waals surface area contributed by atoms with Gasteiger partial charge in [0, 0.05) is 37.9 Å². The van der Waals surface area contributed by atoms with Gasteiger partial charge >= 0.3 is 0 Å². The molecule has 3 rings (SSSR count). The van der Waals surface area contributed by atoms with Crippen LogP contribution < -0.4 is 15.4 Å². The van der Waals surface area contributed by atoms with Crippen molar-refractivity contribution in [2.24, 2.45) is 4.99 Å². The van der Waals surface area contributed by atoms with Gasteiger partial charge in [0.05, 0.1) is 11.8 Å². The van der Waals surface area contributed by atoms with Crippen molar-refractivity contribution in [1.82, 2.24) is 20.4 Å². The van der Waals surface area contributed by atoms with Gasteiger partial charge in [0.15, 0.2) is 5.96 Å². The molecule has 0 bridgehead atoms. The number of ether oxygens (including phenoxy) is 1. The number of aryl methyl sites for hydroxylation is 3. The molecule has 0 radical (unpaired) electrons. The van der Waals surface area contributed by atoms with E-state index in [2.05, 4.69) is 56.6 Å². The Morgan fingerprint density at radius 2 is 2.00 bits per heavy atom. The Morgan fingerprint density at radius 3 is 2.71 bits per heavy atom. The first kappa shape index (κ1) is 20.2. The summed E-state index contributed by atoms with van der Waals surface area (Å²) < 4.78 is 8.28. The van der Waals surface area contributed by atoms with Gasteiger partial charge < -0.3 is 15.4 Å². The van der Waals surface area contributed by atoms with Crippen molar-refractivity contribution >= 4 is 5.96 Å². The van der Waals surface area contributed by atoms with Gasteiger partial charge in [-0.15, -0.1) is 0 Å². The molecule has 6 nitrogen and oxygen atoms in total. The first-order valence-electron chi connectivity index (χ1n) is 10.4. The maximum atomic E-state index is 6.22. The van der Waals surface area contributed by atoms with Crippen LogP contribution in [0.4, 0.5) is 0 Å². The molecular weight excluding hydrogens is 350 g/mol. The van der Waals surface area contributed by atoms with Crippen molar-refractivity contribution in [2.75, 3.05) is 13.6 Å². The van der Waals surface area contributed by atoms with Gasteiger partial charge in [-0.2, -0.15) is 5.10 Å². The number of hydrogen-bond acceptors (Lipinski definition) is 3. The van der Waals surface area contributed by atoms with Crippen LogP contribution in [0.3, 0.4) is 0 Å². The molecule has 1 aromatic carbocycles. The first-order valence-corrected chi connectivity index (χ1v) is 10.4. The van der Waals surface area contributed by atoms with Crippen LogP contribution in [-0.4, -0.2) is 35.4 Å². The minimum Gasteiger partial charge on any atom is -0.490 e. The number of hydrogen-bond donors (Lipinski definition) is 2. The summed E-state index contributed by atoms with van der Waals surface area (Å²) in [6, 6.07) is 10.4. The van der Waals surface area contributed by atoms with E-state index < -0.39 is 0 Å². The van der Waals surface area contributed by atoms with Crippen LogP contribution in [0.5, 0.6) is 5.75 Å². The Labute approximate surface area is 168 Å². The molecule has 0 unspecified atom stereocenters. The number of benzene rings is 1. The van der Waals surface area contributed by atoms with E-state index in [1.54, 1.807) is 7.05 Å². The lowest BCUT2D eigenvalue weighted by molar-refractivity contribution is 0.208. The molecule has 0 amide bonds. The number of guanidine groups is 1. The average Bonchev–Trinajstić information content (AvgIpc) is 3.31. The van der Waals surface area contributed by atoms with Crippen LogP contribution in [0.15, 0.2) is 35.3 Å². The predicted octanol–water partition coefficient (Wildman–Crippen LogP) is 3.58. The van der Waals surface area contributed by atoms with Crippen molar-refractivity contribution in [1.29, 1.82) is 0 Å². The fraction of sp³-hybridized carbons (Fsp3) is 0.545. The Balaban J connectivity index is 1.44. The van der Waals surface area contributed by atoms with Crippen LogP contribution in [0, 0.1) is 13.8 Å². The average molecular weight is 384 g/mol. The van der Waals surface area contributed by atoms with Crippen LogP contribution in [-0.2, 0) is 13.1 Å². The van der Waals surface area contributed by atoms with Crippen molar-refractivity contribution in [3.05, 3.63) is 47.3 Å². The molecule has 0 atom stereocenters. The van der Waals surface area contributed by atoms with Crippen molar-refractivity contribution in [3.8, 4) is 5.75 Å². The largest absolute Gasteiger partial charge is 0.490 e. The maximum Gasteiger partial charge on any atom is 0.191 e. The number of aliphatic imine (C=N–C) groups is 1. The summed E-state index contributed by atoms with van der Waals surface area (Å²) in [5.74, 6) is 1.80. The fourth-order valence-corrected chi connectivity index (χ4v) is 3.69. The number of nitrogens with zero attached hydrogens (tertiary/aromatic N) is 3. The summed E-state index contributed by atoms with van der Waals surface area (Å²) in [7, 11) is 1.80. The summed E-state index contributed by atoms with van der Waals surface area (Å²) in [4.78, 5) is 4.33. The summed E-state index contributed by atoms with van der Waals surface area (Å²) in [5, 5.41) is 11.3. The van der Waals surface area contributed by atoms with Gasteiger partial charge in [-0.3, -0.25) is 9.67 Å². The van der Waals surface area contributed by atoms with E-state index >= 15 is 0 Å². The van der Waals surface area contributed by atoms with Gasteiger partial charge in [0.1, 0.15) is 5.75 Å². The van der Waals surface area contributed by atoms with E-state index in [1.807, 2.05) is 13.0 Å². The normalized spacial score (nSPS) is 15.0. The Morgan fingerprint density at radius 1 is 1.21 bits per heavy atom. The van der Waals surface area contributed by atoms with Crippen LogP contribution in [0.1, 0.15) is 49.1 Å². The summed E-state index contributed by atoms with van der Waals surface area (Å²) >= 11 is 0. The molecule has 1 heterocycles. The Kier molecular flexibility index (Phi) is 7.34. The Hall–Kier alpha value is -2.50. The van der Waals surface area contributed by atoms with Crippen molar-refractivity contribution in [3.63, 3.8) is 0 Å². The number of rotatable bonds is 8. The lowest BCUT2D eigenvalue weighted by atomic mass is 10.2. The molecule has 0 aliphatic heterocycles. The second kappa shape index (κ2) is 10.2. The van der Waals surface area contributed by atoms with E-state index in [9.17, 15) is 0 Å². The molecule has 2 aromatic rings. The molecule has 152 valence electrons. The van der Waals surface area contributed by atoms with Gasteiger partial charge in [-0.05, 0) is 58.1 Å². The molecule has 0 spiro atoms. The number of para-hydroxylation sites is 1. The van der Waals surface area contributed by atoms with E-state index in [-0.39, 0.29) is 0 Å². The third kappa shape index (κ3) is 5.75. The second-order valence-corrected chi connectivity index (χ2v) is 7.49. The SMILES string of the molecule is CN=C(NCCCn1nc(C)cc1C)NCc1ccccc1OC1CCCC1. The summed E-state index contributed by atoms with van der Waals surface area (Å²) in [6.45, 7) is 6.57. The quantitative estimate of drug-likeness (QED) is 0.415. The van der Waals surface area contributed by atoms with Crippen LogP contribution in [0.25, 0.3) is 0 Å². The fourth-order valence-electron chi connectivity index (χ4n) is 3.69. The van der Waals surface area contributed by atoms with Gasteiger partial charge in [0.2, 0.25) is 0 Å². The first-order chi connectivity index (χ1) is 13.7. The highest BCUT2D eigenvalue weighted by Crippen LogP contribution is 2.26. The van der Waals surface area contributed by atoms with E-state index in [0.717, 1.165) is 36.9 Å². The summed E-state index contributed by atoms with van der Waals surface area (Å²) in [6.07, 6.45) is 6.25. The highest BCUT2D eigenvalue weighted by Gasteiger charge is 2.17. The zero-order valence-electron chi connectivity index (χ0n) is 17.4. The lowest BCUT2D eigenvalue weighted by Gasteiger charge is -2.18. The topological polar surface area (TPSA) is 63.5 Å². The second-order valence-electron chi connectivity index (χ2n) is 7.49. The van der Waals surface area contributed by atoms with E-state index in [4.69, 9.17) is 4.74 Å². The minimum absolute atomic E-state index is 0.368. The van der Waals surface area contributed by atoms with Gasteiger partial charge in [0.25, 0.3) is 0 Å². The molecule has 1 aliphatic carbocycles. The molecular formula is C22H33N5O. The zero-order chi connectivity index (χ0) is 19.8. The standard InChI is InChI=1S/C22H33N5O/c1-17-15-18(2)27(26-17)14-8-13-24-22(23-3)25-16-19-9-4-7-12-21(19)28-20-10-5-6-11-20/h4,7,9,12,15,20H,5-6,8,10-11,13-14,16H2,1-3H3,(H2,23,24,25). The van der Waals surface area contributed by atoms with Crippen LogP contribution >= 0.6 is 0 Å². The third-order valence-electron chi connectivity index (χ3n) is 5.18. The molecule has 1 fully saturated rings. The molecule has 28 heavy (non-hydrogen) atoms. The monoisotopic (exact) mass is 383 g/mol. The number of aromatic nitrogens is 2. The maximum absolute atomic E-state index is 6.22. The molecule has 1 aliphatic rings. The molecule has 2 N–H and O–H groups in total. The highest BCUT2D eigenvalue weighted by atomic mass is 16.5. The summed E-state index contributed by atoms with van der Waals surface area (Å²) in [5.41, 5.74) is 3.44. The Bertz CT molecular complexity index is 777. The third-order valence-corrected chi connectivity index (χ3v) is 5.18. The smallest absolute Gasteiger partial charge is 0.191 e. The minimum atomic E-state index is 0.368. The van der Waals surface area contributed by atoms with E-state index in [1.165, 1.54) is 36.9 Å². The zero-order valence-corrected chi connectivity index (χ0v) is 17.4. The van der Waals surface area contributed by atoms with E-state index in [0.29, 0.717) is 12.6 Å². The van der Waals surface area contributed by atoms with Crippen molar-refractivity contribution in [2.45, 2.75) is 65.1 Å². The van der Waals surface area contributed by atoms with Gasteiger partial charge in [-0.25, -0.2) is 0 Å². The van der Waals surface area contributed by atoms with Crippen LogP contribution in [0.2, 0.25) is 0 Å². The molecule has 0 saturated heterocycles. The van der Waals surface area contributed by atoms with Gasteiger partial charge in [-0.1, -0.05) is 18.2 Å². The lowest BCUT2D eigenvalue weighted by Crippen LogP contribution is -2.37. The molecule has 1 aromatic heterocycles. The molecule has 6 heteroatoms. The number of nitrogens with one attached hydrogen (secondary N) is 2.